The minimum atomic E-state index is 0. The monoisotopic (exact) mass is 188 g/mol. The highest BCUT2D eigenvalue weighted by atomic mass is 14.6. The molecule has 74 valence electrons. The maximum absolute atomic E-state index is 5.88. The fraction of sp³-hybridized carbons (Fsp3) is 0.167. The SMILES string of the molecule is CC(N)c1cccc2ccccc12.N. The Morgan fingerprint density at radius 2 is 1.64 bits per heavy atom. The van der Waals surface area contributed by atoms with Crippen LogP contribution in [0.25, 0.3) is 10.8 Å². The van der Waals surface area contributed by atoms with E-state index in [9.17, 15) is 0 Å². The average Bonchev–Trinajstić information content (AvgIpc) is 2.17. The van der Waals surface area contributed by atoms with Gasteiger partial charge >= 0.3 is 0 Å². The molecule has 0 bridgehead atoms. The predicted molar refractivity (Wildman–Crippen MR) is 61.6 cm³/mol. The second-order valence-electron chi connectivity index (χ2n) is 3.36. The van der Waals surface area contributed by atoms with Crippen molar-refractivity contribution in [2.75, 3.05) is 0 Å². The summed E-state index contributed by atoms with van der Waals surface area (Å²) in [4.78, 5) is 0. The second-order valence-corrected chi connectivity index (χ2v) is 3.36. The Kier molecular flexibility index (Phi) is 3.23. The lowest BCUT2D eigenvalue weighted by molar-refractivity contribution is 0.827. The van der Waals surface area contributed by atoms with E-state index in [1.807, 2.05) is 19.1 Å². The van der Waals surface area contributed by atoms with E-state index in [-0.39, 0.29) is 12.2 Å². The third kappa shape index (κ3) is 1.76. The summed E-state index contributed by atoms with van der Waals surface area (Å²) in [7, 11) is 0. The van der Waals surface area contributed by atoms with Crippen LogP contribution in [0.15, 0.2) is 42.5 Å². The Balaban J connectivity index is 0.000000980. The maximum Gasteiger partial charge on any atom is 0.0272 e. The minimum absolute atomic E-state index is 0. The summed E-state index contributed by atoms with van der Waals surface area (Å²) in [6, 6.07) is 14.7. The molecule has 2 heteroatoms. The molecule has 0 amide bonds. The number of hydrogen-bond acceptors (Lipinski definition) is 2. The number of hydrogen-bond donors (Lipinski definition) is 2. The van der Waals surface area contributed by atoms with Crippen molar-refractivity contribution in [2.24, 2.45) is 5.73 Å². The van der Waals surface area contributed by atoms with Gasteiger partial charge in [0.1, 0.15) is 0 Å². The molecule has 1 unspecified atom stereocenters. The van der Waals surface area contributed by atoms with E-state index in [0.29, 0.717) is 0 Å². The second kappa shape index (κ2) is 4.22. The third-order valence-corrected chi connectivity index (χ3v) is 2.31. The molecule has 0 aliphatic rings. The van der Waals surface area contributed by atoms with E-state index in [1.54, 1.807) is 0 Å². The maximum atomic E-state index is 5.88. The van der Waals surface area contributed by atoms with E-state index in [4.69, 9.17) is 5.73 Å². The first kappa shape index (κ1) is 10.7. The van der Waals surface area contributed by atoms with Crippen LogP contribution in [0.1, 0.15) is 18.5 Å². The molecule has 0 fully saturated rings. The van der Waals surface area contributed by atoms with E-state index >= 15 is 0 Å². The Morgan fingerprint density at radius 1 is 1.00 bits per heavy atom. The van der Waals surface area contributed by atoms with Crippen molar-refractivity contribution in [1.82, 2.24) is 6.15 Å². The van der Waals surface area contributed by atoms with Crippen LogP contribution in [0.3, 0.4) is 0 Å². The molecule has 0 aliphatic carbocycles. The molecule has 0 saturated carbocycles. The Labute approximate surface area is 84.3 Å². The van der Waals surface area contributed by atoms with Gasteiger partial charge in [0.25, 0.3) is 0 Å². The molecule has 0 aromatic heterocycles. The number of fused-ring (bicyclic) bond motifs is 1. The van der Waals surface area contributed by atoms with Gasteiger partial charge in [0, 0.05) is 6.04 Å². The molecule has 1 atom stereocenters. The highest BCUT2D eigenvalue weighted by molar-refractivity contribution is 5.85. The molecular formula is C12H16N2. The fourth-order valence-electron chi connectivity index (χ4n) is 1.65. The lowest BCUT2D eigenvalue weighted by Crippen LogP contribution is -2.05. The van der Waals surface area contributed by atoms with Crippen LogP contribution in [0, 0.1) is 0 Å². The van der Waals surface area contributed by atoms with Crippen LogP contribution in [0.2, 0.25) is 0 Å². The molecule has 2 rings (SSSR count). The van der Waals surface area contributed by atoms with E-state index in [0.717, 1.165) is 0 Å². The molecule has 0 heterocycles. The van der Waals surface area contributed by atoms with Crippen molar-refractivity contribution in [2.45, 2.75) is 13.0 Å². The van der Waals surface area contributed by atoms with Crippen molar-refractivity contribution in [1.29, 1.82) is 0 Å². The first-order valence-corrected chi connectivity index (χ1v) is 4.52. The molecule has 0 saturated heterocycles. The van der Waals surface area contributed by atoms with E-state index < -0.39 is 0 Å². The number of rotatable bonds is 1. The van der Waals surface area contributed by atoms with Gasteiger partial charge < -0.3 is 11.9 Å². The van der Waals surface area contributed by atoms with Crippen LogP contribution in [0.4, 0.5) is 0 Å². The largest absolute Gasteiger partial charge is 0.344 e. The minimum Gasteiger partial charge on any atom is -0.344 e. The van der Waals surface area contributed by atoms with Gasteiger partial charge in [0.05, 0.1) is 0 Å². The van der Waals surface area contributed by atoms with Crippen molar-refractivity contribution in [3.8, 4) is 0 Å². The zero-order valence-electron chi connectivity index (χ0n) is 8.40. The Bertz CT molecular complexity index is 416. The first-order valence-electron chi connectivity index (χ1n) is 4.52. The van der Waals surface area contributed by atoms with Gasteiger partial charge in [-0.3, -0.25) is 0 Å². The van der Waals surface area contributed by atoms with Crippen LogP contribution in [0.5, 0.6) is 0 Å². The summed E-state index contributed by atoms with van der Waals surface area (Å²) in [6.45, 7) is 2.02. The quantitative estimate of drug-likeness (QED) is 0.722. The van der Waals surface area contributed by atoms with Crippen LogP contribution < -0.4 is 11.9 Å². The van der Waals surface area contributed by atoms with Crippen molar-refractivity contribution < 1.29 is 0 Å². The van der Waals surface area contributed by atoms with Gasteiger partial charge in [-0.05, 0) is 23.3 Å². The van der Waals surface area contributed by atoms with Crippen molar-refractivity contribution in [3.05, 3.63) is 48.0 Å². The summed E-state index contributed by atoms with van der Waals surface area (Å²) < 4.78 is 0. The molecule has 2 nitrogen and oxygen atoms in total. The first-order chi connectivity index (χ1) is 6.29. The molecule has 0 radical (unpaired) electrons. The Morgan fingerprint density at radius 3 is 2.36 bits per heavy atom. The molecule has 2 aromatic rings. The summed E-state index contributed by atoms with van der Waals surface area (Å²) >= 11 is 0. The van der Waals surface area contributed by atoms with Gasteiger partial charge in [-0.2, -0.15) is 0 Å². The standard InChI is InChI=1S/C12H13N.H3N/c1-9(13)11-8-4-6-10-5-2-3-7-12(10)11;/h2-9H,13H2,1H3;1H3. The summed E-state index contributed by atoms with van der Waals surface area (Å²) in [5.41, 5.74) is 7.10. The number of nitrogens with two attached hydrogens (primary N) is 1. The van der Waals surface area contributed by atoms with Crippen molar-refractivity contribution >= 4 is 10.8 Å². The highest BCUT2D eigenvalue weighted by Crippen LogP contribution is 2.22. The Hall–Kier alpha value is -1.38. The molecule has 14 heavy (non-hydrogen) atoms. The normalized spacial score (nSPS) is 12.1. The third-order valence-electron chi connectivity index (χ3n) is 2.31. The lowest BCUT2D eigenvalue weighted by atomic mass is 10.0. The zero-order chi connectivity index (χ0) is 9.26. The van der Waals surface area contributed by atoms with Gasteiger partial charge in [0.2, 0.25) is 0 Å². The predicted octanol–water partition coefficient (Wildman–Crippen LogP) is 3.02. The molecule has 2 aromatic carbocycles. The summed E-state index contributed by atoms with van der Waals surface area (Å²) in [6.07, 6.45) is 0. The van der Waals surface area contributed by atoms with Crippen LogP contribution >= 0.6 is 0 Å². The van der Waals surface area contributed by atoms with Gasteiger partial charge in [-0.15, -0.1) is 0 Å². The zero-order valence-corrected chi connectivity index (χ0v) is 8.40. The average molecular weight is 188 g/mol. The van der Waals surface area contributed by atoms with Crippen LogP contribution in [-0.4, -0.2) is 0 Å². The fourth-order valence-corrected chi connectivity index (χ4v) is 1.65. The van der Waals surface area contributed by atoms with E-state index in [2.05, 4.69) is 30.3 Å². The summed E-state index contributed by atoms with van der Waals surface area (Å²) in [5, 5.41) is 2.53. The molecule has 0 aliphatic heterocycles. The molecule has 0 spiro atoms. The van der Waals surface area contributed by atoms with Gasteiger partial charge in [-0.1, -0.05) is 42.5 Å². The molecule has 5 N–H and O–H groups in total. The van der Waals surface area contributed by atoms with E-state index in [1.165, 1.54) is 16.3 Å². The topological polar surface area (TPSA) is 61.0 Å². The van der Waals surface area contributed by atoms with Gasteiger partial charge in [0.15, 0.2) is 0 Å². The smallest absolute Gasteiger partial charge is 0.0272 e. The van der Waals surface area contributed by atoms with Crippen molar-refractivity contribution in [3.63, 3.8) is 0 Å². The summed E-state index contributed by atoms with van der Waals surface area (Å²) in [5.74, 6) is 0. The van der Waals surface area contributed by atoms with Crippen LogP contribution in [-0.2, 0) is 0 Å². The number of benzene rings is 2. The van der Waals surface area contributed by atoms with Gasteiger partial charge in [-0.25, -0.2) is 0 Å². The lowest BCUT2D eigenvalue weighted by Gasteiger charge is -2.09. The molecular weight excluding hydrogens is 172 g/mol. The highest BCUT2D eigenvalue weighted by Gasteiger charge is 2.02.